The van der Waals surface area contributed by atoms with Gasteiger partial charge in [-0.1, -0.05) is 23.7 Å². The lowest BCUT2D eigenvalue weighted by Gasteiger charge is -2.34. The van der Waals surface area contributed by atoms with E-state index in [2.05, 4.69) is 32.7 Å². The van der Waals surface area contributed by atoms with Crippen LogP contribution < -0.4 is 25.0 Å². The lowest BCUT2D eigenvalue weighted by molar-refractivity contribution is 0.393. The molecule has 1 fully saturated rings. The van der Waals surface area contributed by atoms with Crippen LogP contribution in [-0.2, 0) is 6.54 Å². The first-order chi connectivity index (χ1) is 14.1. The first kappa shape index (κ1) is 24.4. The number of methoxy groups -OCH3 is 2. The van der Waals surface area contributed by atoms with Gasteiger partial charge in [0.25, 0.3) is 0 Å². The van der Waals surface area contributed by atoms with E-state index in [0.717, 1.165) is 59.7 Å². The van der Waals surface area contributed by atoms with E-state index >= 15 is 0 Å². The molecule has 2 aromatic carbocycles. The Bertz CT molecular complexity index is 819. The molecule has 1 heterocycles. The molecule has 2 N–H and O–H groups in total. The summed E-state index contributed by atoms with van der Waals surface area (Å²) in [7, 11) is 5.15. The van der Waals surface area contributed by atoms with Crippen LogP contribution in [0.1, 0.15) is 18.4 Å². The quantitative estimate of drug-likeness (QED) is 0.323. The van der Waals surface area contributed by atoms with Gasteiger partial charge in [0.2, 0.25) is 0 Å². The first-order valence-electron chi connectivity index (χ1n) is 9.81. The van der Waals surface area contributed by atoms with Crippen molar-refractivity contribution in [3.63, 3.8) is 0 Å². The Labute approximate surface area is 201 Å². The molecule has 0 unspecified atom stereocenters. The van der Waals surface area contributed by atoms with Gasteiger partial charge in [-0.3, -0.25) is 4.99 Å². The summed E-state index contributed by atoms with van der Waals surface area (Å²) < 4.78 is 10.8. The second kappa shape index (κ2) is 12.1. The van der Waals surface area contributed by atoms with Crippen molar-refractivity contribution in [2.45, 2.75) is 25.4 Å². The van der Waals surface area contributed by atoms with Gasteiger partial charge in [0.1, 0.15) is 11.5 Å². The van der Waals surface area contributed by atoms with Crippen molar-refractivity contribution < 1.29 is 9.47 Å². The molecular weight excluding hydrogens is 515 g/mol. The number of benzene rings is 2. The molecule has 0 aliphatic carbocycles. The van der Waals surface area contributed by atoms with Crippen LogP contribution in [0.4, 0.5) is 5.69 Å². The number of aliphatic imine (C=N–C) groups is 1. The van der Waals surface area contributed by atoms with E-state index in [0.29, 0.717) is 12.6 Å². The van der Waals surface area contributed by atoms with Crippen molar-refractivity contribution in [1.29, 1.82) is 0 Å². The molecular formula is C22H30ClIN4O2. The largest absolute Gasteiger partial charge is 0.497 e. The van der Waals surface area contributed by atoms with Crippen LogP contribution in [0.15, 0.2) is 47.5 Å². The molecule has 8 heteroatoms. The predicted octanol–water partition coefficient (Wildman–Crippen LogP) is 4.31. The summed E-state index contributed by atoms with van der Waals surface area (Å²) in [5.41, 5.74) is 2.25. The summed E-state index contributed by atoms with van der Waals surface area (Å²) in [5, 5.41) is 7.65. The number of nitrogens with zero attached hydrogens (tertiary/aromatic N) is 2. The SMILES string of the molecule is CN=C(NCc1cccc(Cl)c1)NC1CCN(c2cc(OC)cc(OC)c2)CC1.I. The fourth-order valence-electron chi connectivity index (χ4n) is 3.48. The van der Waals surface area contributed by atoms with Crippen molar-refractivity contribution in [3.8, 4) is 11.5 Å². The summed E-state index contributed by atoms with van der Waals surface area (Å²) in [6.07, 6.45) is 2.05. The topological polar surface area (TPSA) is 58.1 Å². The highest BCUT2D eigenvalue weighted by atomic mass is 127. The van der Waals surface area contributed by atoms with Crippen LogP contribution in [0.3, 0.4) is 0 Å². The van der Waals surface area contributed by atoms with Crippen molar-refractivity contribution in [3.05, 3.63) is 53.1 Å². The van der Waals surface area contributed by atoms with Gasteiger partial charge in [0.05, 0.1) is 14.2 Å². The number of hydrogen-bond donors (Lipinski definition) is 2. The van der Waals surface area contributed by atoms with Gasteiger partial charge < -0.3 is 25.0 Å². The predicted molar refractivity (Wildman–Crippen MR) is 135 cm³/mol. The molecule has 2 aromatic rings. The van der Waals surface area contributed by atoms with Gasteiger partial charge in [-0.15, -0.1) is 24.0 Å². The minimum absolute atomic E-state index is 0. The fourth-order valence-corrected chi connectivity index (χ4v) is 3.69. The first-order valence-corrected chi connectivity index (χ1v) is 10.2. The van der Waals surface area contributed by atoms with Crippen molar-refractivity contribution in [2.75, 3.05) is 39.3 Å². The lowest BCUT2D eigenvalue weighted by Crippen LogP contribution is -2.48. The number of rotatable bonds is 6. The second-order valence-electron chi connectivity index (χ2n) is 7.03. The van der Waals surface area contributed by atoms with Crippen LogP contribution in [0, 0.1) is 0 Å². The molecule has 0 spiro atoms. The molecule has 0 atom stereocenters. The van der Waals surface area contributed by atoms with Gasteiger partial charge in [0, 0.05) is 61.6 Å². The lowest BCUT2D eigenvalue weighted by atomic mass is 10.0. The minimum Gasteiger partial charge on any atom is -0.497 e. The summed E-state index contributed by atoms with van der Waals surface area (Å²) in [4.78, 5) is 6.72. The van der Waals surface area contributed by atoms with E-state index in [-0.39, 0.29) is 24.0 Å². The Balaban J connectivity index is 0.00000320. The third-order valence-corrected chi connectivity index (χ3v) is 5.34. The van der Waals surface area contributed by atoms with Gasteiger partial charge in [0.15, 0.2) is 5.96 Å². The molecule has 0 saturated carbocycles. The molecule has 6 nitrogen and oxygen atoms in total. The number of nitrogens with one attached hydrogen (secondary N) is 2. The van der Waals surface area contributed by atoms with Crippen LogP contribution in [0.25, 0.3) is 0 Å². The summed E-state index contributed by atoms with van der Waals surface area (Å²) in [5.74, 6) is 2.43. The smallest absolute Gasteiger partial charge is 0.191 e. The molecule has 30 heavy (non-hydrogen) atoms. The van der Waals surface area contributed by atoms with E-state index in [1.807, 2.05) is 30.3 Å². The highest BCUT2D eigenvalue weighted by Gasteiger charge is 2.21. The average Bonchev–Trinajstić information content (AvgIpc) is 2.76. The Morgan fingerprint density at radius 2 is 1.77 bits per heavy atom. The normalized spacial score (nSPS) is 14.7. The summed E-state index contributed by atoms with van der Waals surface area (Å²) >= 11 is 6.06. The molecule has 0 bridgehead atoms. The van der Waals surface area contributed by atoms with E-state index < -0.39 is 0 Å². The summed E-state index contributed by atoms with van der Waals surface area (Å²) in [6.45, 7) is 2.60. The van der Waals surface area contributed by atoms with E-state index in [9.17, 15) is 0 Å². The van der Waals surface area contributed by atoms with Crippen LogP contribution >= 0.6 is 35.6 Å². The zero-order valence-corrected chi connectivity index (χ0v) is 20.7. The Morgan fingerprint density at radius 1 is 1.10 bits per heavy atom. The maximum atomic E-state index is 6.06. The molecule has 1 aliphatic heterocycles. The Hall–Kier alpha value is -1.87. The van der Waals surface area contributed by atoms with Crippen LogP contribution in [0.5, 0.6) is 11.5 Å². The monoisotopic (exact) mass is 544 g/mol. The maximum absolute atomic E-state index is 6.06. The third kappa shape index (κ3) is 6.84. The molecule has 0 amide bonds. The van der Waals surface area contributed by atoms with Crippen LogP contribution in [-0.4, -0.2) is 46.4 Å². The number of hydrogen-bond acceptors (Lipinski definition) is 4. The number of ether oxygens (including phenoxy) is 2. The van der Waals surface area contributed by atoms with E-state index in [1.165, 1.54) is 0 Å². The van der Waals surface area contributed by atoms with Crippen molar-refractivity contribution in [2.24, 2.45) is 4.99 Å². The van der Waals surface area contributed by atoms with Crippen LogP contribution in [0.2, 0.25) is 5.02 Å². The number of halogens is 2. The van der Waals surface area contributed by atoms with Gasteiger partial charge in [-0.2, -0.15) is 0 Å². The van der Waals surface area contributed by atoms with Gasteiger partial charge in [-0.25, -0.2) is 0 Å². The zero-order valence-electron chi connectivity index (χ0n) is 17.7. The highest BCUT2D eigenvalue weighted by molar-refractivity contribution is 14.0. The molecule has 1 saturated heterocycles. The number of guanidine groups is 1. The molecule has 0 aromatic heterocycles. The van der Waals surface area contributed by atoms with Crippen molar-refractivity contribution >= 4 is 47.2 Å². The molecule has 164 valence electrons. The standard InChI is InChI=1S/C22H29ClN4O2.HI/c1-24-22(25-15-16-5-4-6-17(23)11-16)26-18-7-9-27(10-8-18)19-12-20(28-2)14-21(13-19)29-3;/h4-6,11-14,18H,7-10,15H2,1-3H3,(H2,24,25,26);1H. The van der Waals surface area contributed by atoms with E-state index in [1.54, 1.807) is 21.3 Å². The van der Waals surface area contributed by atoms with Gasteiger partial charge in [-0.05, 0) is 30.5 Å². The third-order valence-electron chi connectivity index (χ3n) is 5.11. The Morgan fingerprint density at radius 3 is 2.33 bits per heavy atom. The fraction of sp³-hybridized carbons (Fsp3) is 0.409. The van der Waals surface area contributed by atoms with E-state index in [4.69, 9.17) is 21.1 Å². The Kier molecular flexibility index (Phi) is 9.84. The summed E-state index contributed by atoms with van der Waals surface area (Å²) in [6, 6.07) is 14.2. The molecule has 3 rings (SSSR count). The maximum Gasteiger partial charge on any atom is 0.191 e. The van der Waals surface area contributed by atoms with Crippen molar-refractivity contribution in [1.82, 2.24) is 10.6 Å². The second-order valence-corrected chi connectivity index (χ2v) is 7.47. The average molecular weight is 545 g/mol. The highest BCUT2D eigenvalue weighted by Crippen LogP contribution is 2.30. The zero-order chi connectivity index (χ0) is 20.6. The number of anilines is 1. The number of piperidine rings is 1. The van der Waals surface area contributed by atoms with Gasteiger partial charge >= 0.3 is 0 Å². The molecule has 0 radical (unpaired) electrons. The molecule has 1 aliphatic rings. The minimum atomic E-state index is 0.